The van der Waals surface area contributed by atoms with Crippen LogP contribution in [0, 0.1) is 0 Å². The fourth-order valence-corrected chi connectivity index (χ4v) is 2.61. The summed E-state index contributed by atoms with van der Waals surface area (Å²) in [5, 5.41) is 0. The number of nitrogens with zero attached hydrogens (tertiary/aromatic N) is 1. The van der Waals surface area contributed by atoms with E-state index in [1.54, 1.807) is 7.11 Å². The zero-order chi connectivity index (χ0) is 15.1. The number of rotatable bonds is 7. The van der Waals surface area contributed by atoms with E-state index in [1.165, 1.54) is 5.56 Å². The summed E-state index contributed by atoms with van der Waals surface area (Å²) in [7, 11) is 1.66. The molecule has 1 saturated heterocycles. The maximum absolute atomic E-state index is 6.00. The average Bonchev–Trinajstić information content (AvgIpc) is 2.55. The molecule has 1 fully saturated rings. The van der Waals surface area contributed by atoms with E-state index in [4.69, 9.17) is 19.9 Å². The summed E-state index contributed by atoms with van der Waals surface area (Å²) in [5.74, 6) is 1.56. The number of benzene rings is 1. The van der Waals surface area contributed by atoms with Crippen LogP contribution in [0.3, 0.4) is 0 Å². The third kappa shape index (κ3) is 4.09. The molecule has 0 aromatic heterocycles. The zero-order valence-electron chi connectivity index (χ0n) is 13.0. The quantitative estimate of drug-likeness (QED) is 0.831. The van der Waals surface area contributed by atoms with Crippen molar-refractivity contribution in [2.75, 3.05) is 46.6 Å². The zero-order valence-corrected chi connectivity index (χ0v) is 13.0. The lowest BCUT2D eigenvalue weighted by molar-refractivity contribution is 0.0178. The van der Waals surface area contributed by atoms with Gasteiger partial charge in [0.2, 0.25) is 0 Å². The molecule has 0 amide bonds. The number of hydrogen-bond acceptors (Lipinski definition) is 5. The van der Waals surface area contributed by atoms with Crippen LogP contribution in [0.25, 0.3) is 0 Å². The molecule has 5 heteroatoms. The van der Waals surface area contributed by atoms with E-state index in [0.29, 0.717) is 13.2 Å². The molecular formula is C16H26N2O3. The highest BCUT2D eigenvalue weighted by atomic mass is 16.5. The first-order chi connectivity index (χ1) is 10.3. The molecule has 0 radical (unpaired) electrons. The molecule has 1 aromatic carbocycles. The second-order valence-corrected chi connectivity index (χ2v) is 5.16. The number of hydrogen-bond donors (Lipinski definition) is 1. The Labute approximate surface area is 127 Å². The Hall–Kier alpha value is -1.30. The van der Waals surface area contributed by atoms with Crippen LogP contribution in [0.2, 0.25) is 0 Å². The van der Waals surface area contributed by atoms with Gasteiger partial charge in [-0.3, -0.25) is 4.90 Å². The SMILES string of the molecule is CCCOc1cc(C(CN)N2CCOCC2)ccc1OC. The molecule has 118 valence electrons. The number of morpholine rings is 1. The summed E-state index contributed by atoms with van der Waals surface area (Å²) >= 11 is 0. The molecule has 0 bridgehead atoms. The Kier molecular flexibility index (Phi) is 6.29. The lowest BCUT2D eigenvalue weighted by Gasteiger charge is -2.34. The minimum absolute atomic E-state index is 0.198. The highest BCUT2D eigenvalue weighted by Crippen LogP contribution is 2.32. The van der Waals surface area contributed by atoms with Crippen molar-refractivity contribution in [2.24, 2.45) is 5.73 Å². The van der Waals surface area contributed by atoms with Gasteiger partial charge in [-0.2, -0.15) is 0 Å². The Morgan fingerprint density at radius 2 is 2.05 bits per heavy atom. The van der Waals surface area contributed by atoms with Crippen molar-refractivity contribution in [3.63, 3.8) is 0 Å². The van der Waals surface area contributed by atoms with E-state index in [1.807, 2.05) is 6.07 Å². The smallest absolute Gasteiger partial charge is 0.161 e. The van der Waals surface area contributed by atoms with E-state index in [2.05, 4.69) is 24.0 Å². The van der Waals surface area contributed by atoms with E-state index in [9.17, 15) is 0 Å². The highest BCUT2D eigenvalue weighted by Gasteiger charge is 2.22. The minimum atomic E-state index is 0.198. The molecule has 1 atom stereocenters. The van der Waals surface area contributed by atoms with Gasteiger partial charge in [0, 0.05) is 25.7 Å². The molecular weight excluding hydrogens is 268 g/mol. The van der Waals surface area contributed by atoms with Gasteiger partial charge in [-0.15, -0.1) is 0 Å². The predicted molar refractivity (Wildman–Crippen MR) is 83.0 cm³/mol. The van der Waals surface area contributed by atoms with Gasteiger partial charge in [-0.25, -0.2) is 0 Å². The Balaban J connectivity index is 2.19. The van der Waals surface area contributed by atoms with Crippen molar-refractivity contribution < 1.29 is 14.2 Å². The van der Waals surface area contributed by atoms with Crippen LogP contribution in [0.1, 0.15) is 24.9 Å². The topological polar surface area (TPSA) is 57.0 Å². The van der Waals surface area contributed by atoms with E-state index < -0.39 is 0 Å². The minimum Gasteiger partial charge on any atom is -0.493 e. The fourth-order valence-electron chi connectivity index (χ4n) is 2.61. The Morgan fingerprint density at radius 3 is 2.67 bits per heavy atom. The van der Waals surface area contributed by atoms with Gasteiger partial charge < -0.3 is 19.9 Å². The van der Waals surface area contributed by atoms with E-state index >= 15 is 0 Å². The first-order valence-corrected chi connectivity index (χ1v) is 7.62. The van der Waals surface area contributed by atoms with Gasteiger partial charge in [-0.1, -0.05) is 13.0 Å². The van der Waals surface area contributed by atoms with Crippen molar-refractivity contribution in [2.45, 2.75) is 19.4 Å². The number of methoxy groups -OCH3 is 1. The summed E-state index contributed by atoms with van der Waals surface area (Å²) in [6.07, 6.45) is 0.969. The average molecular weight is 294 g/mol. The standard InChI is InChI=1S/C16H26N2O3/c1-3-8-21-16-11-13(4-5-15(16)19-2)14(12-17)18-6-9-20-10-7-18/h4-5,11,14H,3,6-10,12,17H2,1-2H3. The van der Waals surface area contributed by atoms with Crippen LogP contribution < -0.4 is 15.2 Å². The molecule has 1 heterocycles. The van der Waals surface area contributed by atoms with Crippen molar-refractivity contribution in [1.29, 1.82) is 0 Å². The highest BCUT2D eigenvalue weighted by molar-refractivity contribution is 5.44. The van der Waals surface area contributed by atoms with Crippen LogP contribution in [0.4, 0.5) is 0 Å². The largest absolute Gasteiger partial charge is 0.493 e. The molecule has 21 heavy (non-hydrogen) atoms. The van der Waals surface area contributed by atoms with Crippen LogP contribution in [0.15, 0.2) is 18.2 Å². The first kappa shape index (κ1) is 16.1. The summed E-state index contributed by atoms with van der Waals surface area (Å²) in [4.78, 5) is 2.37. The lowest BCUT2D eigenvalue weighted by Crippen LogP contribution is -2.41. The molecule has 2 rings (SSSR count). The maximum atomic E-state index is 6.00. The molecule has 0 aliphatic carbocycles. The van der Waals surface area contributed by atoms with Gasteiger partial charge >= 0.3 is 0 Å². The fraction of sp³-hybridized carbons (Fsp3) is 0.625. The molecule has 1 aliphatic heterocycles. The second kappa shape index (κ2) is 8.22. The van der Waals surface area contributed by atoms with Gasteiger partial charge in [0.15, 0.2) is 11.5 Å². The second-order valence-electron chi connectivity index (χ2n) is 5.16. The van der Waals surface area contributed by atoms with Gasteiger partial charge in [0.1, 0.15) is 0 Å². The summed E-state index contributed by atoms with van der Waals surface area (Å²) < 4.78 is 16.6. The van der Waals surface area contributed by atoms with Crippen LogP contribution in [-0.2, 0) is 4.74 Å². The monoisotopic (exact) mass is 294 g/mol. The third-order valence-electron chi connectivity index (χ3n) is 3.74. The summed E-state index contributed by atoms with van der Waals surface area (Å²) in [5.41, 5.74) is 7.17. The van der Waals surface area contributed by atoms with E-state index in [0.717, 1.165) is 44.2 Å². The number of ether oxygens (including phenoxy) is 3. The number of nitrogens with two attached hydrogens (primary N) is 1. The first-order valence-electron chi connectivity index (χ1n) is 7.62. The maximum Gasteiger partial charge on any atom is 0.161 e. The Morgan fingerprint density at radius 1 is 1.29 bits per heavy atom. The molecule has 1 aromatic rings. The van der Waals surface area contributed by atoms with Crippen LogP contribution in [-0.4, -0.2) is 51.5 Å². The van der Waals surface area contributed by atoms with Crippen molar-refractivity contribution in [3.05, 3.63) is 23.8 Å². The lowest BCUT2D eigenvalue weighted by atomic mass is 10.0. The third-order valence-corrected chi connectivity index (χ3v) is 3.74. The van der Waals surface area contributed by atoms with Crippen molar-refractivity contribution >= 4 is 0 Å². The molecule has 5 nitrogen and oxygen atoms in total. The van der Waals surface area contributed by atoms with Crippen molar-refractivity contribution in [3.8, 4) is 11.5 Å². The predicted octanol–water partition coefficient (Wildman–Crippen LogP) is 1.82. The van der Waals surface area contributed by atoms with E-state index in [-0.39, 0.29) is 6.04 Å². The molecule has 0 saturated carbocycles. The summed E-state index contributed by atoms with van der Waals surface area (Å²) in [6.45, 7) is 6.73. The van der Waals surface area contributed by atoms with Crippen LogP contribution >= 0.6 is 0 Å². The normalized spacial score (nSPS) is 17.5. The van der Waals surface area contributed by atoms with Gasteiger partial charge in [0.05, 0.1) is 26.9 Å². The Bertz CT molecular complexity index is 434. The molecule has 2 N–H and O–H groups in total. The molecule has 0 spiro atoms. The molecule has 1 unspecified atom stereocenters. The summed E-state index contributed by atoms with van der Waals surface area (Å²) in [6, 6.07) is 6.29. The molecule has 1 aliphatic rings. The van der Waals surface area contributed by atoms with Gasteiger partial charge in [0.25, 0.3) is 0 Å². The van der Waals surface area contributed by atoms with Gasteiger partial charge in [-0.05, 0) is 24.1 Å². The van der Waals surface area contributed by atoms with Crippen LogP contribution in [0.5, 0.6) is 11.5 Å². The van der Waals surface area contributed by atoms with Crippen molar-refractivity contribution in [1.82, 2.24) is 4.90 Å².